The van der Waals surface area contributed by atoms with Crippen LogP contribution in [0.3, 0.4) is 0 Å². The van der Waals surface area contributed by atoms with Gasteiger partial charge in [-0.05, 0) is 24.3 Å². The molecule has 1 saturated heterocycles. The highest BCUT2D eigenvalue weighted by Gasteiger charge is 2.47. The van der Waals surface area contributed by atoms with Gasteiger partial charge in [-0.15, -0.1) is 0 Å². The molecule has 1 aliphatic heterocycles. The summed E-state index contributed by atoms with van der Waals surface area (Å²) < 4.78 is 22.4. The number of hydrogen-bond donors (Lipinski definition) is 0. The second-order valence-electron chi connectivity index (χ2n) is 4.55. The Balaban J connectivity index is 2.26. The molecule has 1 aromatic rings. The smallest absolute Gasteiger partial charge is 0.331 e. The summed E-state index contributed by atoms with van der Waals surface area (Å²) in [5, 5.41) is 0. The van der Waals surface area contributed by atoms with Crippen LogP contribution in [0.15, 0.2) is 24.3 Å². The summed E-state index contributed by atoms with van der Waals surface area (Å²) in [5.74, 6) is -6.25. The maximum Gasteiger partial charge on any atom is 0.331 e. The van der Waals surface area contributed by atoms with E-state index in [-0.39, 0.29) is 5.56 Å². The molecule has 0 aliphatic carbocycles. The van der Waals surface area contributed by atoms with E-state index in [1.54, 1.807) is 0 Å². The van der Waals surface area contributed by atoms with Crippen molar-refractivity contribution in [1.29, 1.82) is 0 Å². The first-order valence-electron chi connectivity index (χ1n) is 5.56. The van der Waals surface area contributed by atoms with Crippen molar-refractivity contribution in [3.8, 4) is 0 Å². The number of hydrogen-bond acceptors (Lipinski definition) is 5. The van der Waals surface area contributed by atoms with E-state index in [9.17, 15) is 18.8 Å². The molecule has 2 rings (SSSR count). The Morgan fingerprint density at radius 2 is 1.58 bits per heavy atom. The molecule has 5 nitrogen and oxygen atoms in total. The van der Waals surface area contributed by atoms with Gasteiger partial charge in [-0.3, -0.25) is 14.4 Å². The van der Waals surface area contributed by atoms with E-state index in [2.05, 4.69) is 0 Å². The molecule has 0 bridgehead atoms. The van der Waals surface area contributed by atoms with Crippen molar-refractivity contribution in [2.45, 2.75) is 19.6 Å². The van der Waals surface area contributed by atoms with Crippen LogP contribution in [0.1, 0.15) is 24.2 Å². The fourth-order valence-electron chi connectivity index (χ4n) is 1.71. The van der Waals surface area contributed by atoms with Crippen LogP contribution in [0.4, 0.5) is 4.39 Å². The lowest BCUT2D eigenvalue weighted by Crippen LogP contribution is -2.49. The van der Waals surface area contributed by atoms with Crippen LogP contribution in [-0.4, -0.2) is 23.5 Å². The number of Topliss-reactive ketones (excluding diaryl/α,β-unsaturated/α-hetero) is 1. The molecule has 0 atom stereocenters. The molecule has 0 amide bonds. The number of cyclic esters (lactones) is 2. The topological polar surface area (TPSA) is 69.7 Å². The average molecular weight is 266 g/mol. The highest BCUT2D eigenvalue weighted by molar-refractivity contribution is 6.21. The first-order valence-corrected chi connectivity index (χ1v) is 5.56. The summed E-state index contributed by atoms with van der Waals surface area (Å²) in [6.45, 7) is 2.78. The maximum atomic E-state index is 12.8. The molecule has 0 radical (unpaired) electrons. The van der Waals surface area contributed by atoms with Gasteiger partial charge in [-0.2, -0.15) is 0 Å². The summed E-state index contributed by atoms with van der Waals surface area (Å²) in [4.78, 5) is 35.4. The van der Waals surface area contributed by atoms with E-state index in [4.69, 9.17) is 9.47 Å². The molecule has 0 aromatic heterocycles. The molecule has 0 saturated carbocycles. The number of carbonyl (C=O) groups excluding carboxylic acids is 3. The third kappa shape index (κ3) is 2.62. The summed E-state index contributed by atoms with van der Waals surface area (Å²) in [7, 11) is 0. The highest BCUT2D eigenvalue weighted by atomic mass is 19.1. The second kappa shape index (κ2) is 4.46. The van der Waals surface area contributed by atoms with Crippen molar-refractivity contribution in [2.75, 3.05) is 0 Å². The predicted molar refractivity (Wildman–Crippen MR) is 60.5 cm³/mol. The quantitative estimate of drug-likeness (QED) is 0.460. The average Bonchev–Trinajstić information content (AvgIpc) is 2.26. The van der Waals surface area contributed by atoms with Gasteiger partial charge in [0.1, 0.15) is 5.82 Å². The SMILES string of the molecule is CC1(C)OC(=O)C(C(=O)c2ccc(F)cc2)C(=O)O1. The molecule has 0 N–H and O–H groups in total. The molecule has 1 fully saturated rings. The first-order chi connectivity index (χ1) is 8.80. The number of benzene rings is 1. The highest BCUT2D eigenvalue weighted by Crippen LogP contribution is 2.25. The predicted octanol–water partition coefficient (Wildman–Crippen LogP) is 1.46. The van der Waals surface area contributed by atoms with Gasteiger partial charge in [-0.25, -0.2) is 4.39 Å². The Hall–Kier alpha value is -2.24. The lowest BCUT2D eigenvalue weighted by atomic mass is 9.96. The summed E-state index contributed by atoms with van der Waals surface area (Å²) in [5.41, 5.74) is 0.0417. The third-order valence-electron chi connectivity index (χ3n) is 2.56. The minimum atomic E-state index is -1.65. The van der Waals surface area contributed by atoms with E-state index in [1.807, 2.05) is 0 Å². The van der Waals surface area contributed by atoms with Crippen LogP contribution < -0.4 is 0 Å². The normalized spacial score (nSPS) is 18.7. The van der Waals surface area contributed by atoms with E-state index < -0.39 is 35.2 Å². The molecule has 100 valence electrons. The fraction of sp³-hybridized carbons (Fsp3) is 0.308. The van der Waals surface area contributed by atoms with E-state index >= 15 is 0 Å². The molecule has 19 heavy (non-hydrogen) atoms. The van der Waals surface area contributed by atoms with Gasteiger partial charge < -0.3 is 9.47 Å². The number of esters is 2. The monoisotopic (exact) mass is 266 g/mol. The van der Waals surface area contributed by atoms with Crippen molar-refractivity contribution < 1.29 is 28.2 Å². The lowest BCUT2D eigenvalue weighted by Gasteiger charge is -2.32. The van der Waals surface area contributed by atoms with Crippen LogP contribution in [0.25, 0.3) is 0 Å². The van der Waals surface area contributed by atoms with E-state index in [0.717, 1.165) is 12.1 Å². The minimum absolute atomic E-state index is 0.0417. The van der Waals surface area contributed by atoms with Gasteiger partial charge >= 0.3 is 11.9 Å². The van der Waals surface area contributed by atoms with Gasteiger partial charge in [0.25, 0.3) is 5.79 Å². The summed E-state index contributed by atoms with van der Waals surface area (Å²) >= 11 is 0. The Morgan fingerprint density at radius 3 is 2.05 bits per heavy atom. The molecule has 1 heterocycles. The second-order valence-corrected chi connectivity index (χ2v) is 4.55. The number of rotatable bonds is 2. The number of ether oxygens (including phenoxy) is 2. The van der Waals surface area contributed by atoms with E-state index in [0.29, 0.717) is 0 Å². The first kappa shape index (κ1) is 13.2. The van der Waals surface area contributed by atoms with Gasteiger partial charge in [0.05, 0.1) is 0 Å². The molecular weight excluding hydrogens is 255 g/mol. The number of ketones is 1. The van der Waals surface area contributed by atoms with Crippen molar-refractivity contribution in [3.05, 3.63) is 35.6 Å². The number of halogens is 1. The van der Waals surface area contributed by atoms with E-state index in [1.165, 1.54) is 26.0 Å². The third-order valence-corrected chi connectivity index (χ3v) is 2.56. The Labute approximate surface area is 108 Å². The summed E-state index contributed by atoms with van der Waals surface area (Å²) in [6.07, 6.45) is 0. The van der Waals surface area contributed by atoms with Gasteiger partial charge in [0.2, 0.25) is 5.92 Å². The van der Waals surface area contributed by atoms with Gasteiger partial charge in [0.15, 0.2) is 5.78 Å². The Morgan fingerprint density at radius 1 is 1.11 bits per heavy atom. The molecule has 6 heteroatoms. The molecule has 0 unspecified atom stereocenters. The zero-order valence-corrected chi connectivity index (χ0v) is 10.3. The van der Waals surface area contributed by atoms with Crippen LogP contribution in [0.5, 0.6) is 0 Å². The Kier molecular flexibility index (Phi) is 3.09. The zero-order valence-electron chi connectivity index (χ0n) is 10.3. The Bertz CT molecular complexity index is 527. The largest absolute Gasteiger partial charge is 0.422 e. The van der Waals surface area contributed by atoms with Crippen molar-refractivity contribution in [1.82, 2.24) is 0 Å². The van der Waals surface area contributed by atoms with Crippen LogP contribution >= 0.6 is 0 Å². The standard InChI is InChI=1S/C13H11FO5/c1-13(2)18-11(16)9(12(17)19-13)10(15)7-3-5-8(14)6-4-7/h3-6,9H,1-2H3. The van der Waals surface area contributed by atoms with Crippen molar-refractivity contribution in [3.63, 3.8) is 0 Å². The minimum Gasteiger partial charge on any atom is -0.422 e. The molecule has 0 spiro atoms. The van der Waals surface area contributed by atoms with Crippen LogP contribution in [-0.2, 0) is 19.1 Å². The fourth-order valence-corrected chi connectivity index (χ4v) is 1.71. The lowest BCUT2D eigenvalue weighted by molar-refractivity contribution is -0.236. The van der Waals surface area contributed by atoms with Gasteiger partial charge in [0, 0.05) is 19.4 Å². The zero-order chi connectivity index (χ0) is 14.2. The number of carbonyl (C=O) groups is 3. The molecule has 1 aliphatic rings. The van der Waals surface area contributed by atoms with Gasteiger partial charge in [-0.1, -0.05) is 0 Å². The maximum absolute atomic E-state index is 12.8. The van der Waals surface area contributed by atoms with Crippen molar-refractivity contribution in [2.24, 2.45) is 5.92 Å². The molecule has 1 aromatic carbocycles. The van der Waals surface area contributed by atoms with Crippen molar-refractivity contribution >= 4 is 17.7 Å². The van der Waals surface area contributed by atoms with Crippen LogP contribution in [0.2, 0.25) is 0 Å². The van der Waals surface area contributed by atoms with Crippen LogP contribution in [0, 0.1) is 11.7 Å². The molecular formula is C13H11FO5. The summed E-state index contributed by atoms with van der Waals surface area (Å²) in [6, 6.07) is 4.52.